The number of aliphatic hydroxyl groups is 1. The predicted molar refractivity (Wildman–Crippen MR) is 31.2 cm³/mol. The van der Waals surface area contributed by atoms with Gasteiger partial charge in [-0.1, -0.05) is 6.58 Å². The molecule has 0 aromatic rings. The van der Waals surface area contributed by atoms with E-state index in [1.807, 2.05) is 0 Å². The molecule has 1 N–H and O–H groups in total. The summed E-state index contributed by atoms with van der Waals surface area (Å²) in [5.41, 5.74) is 0. The Balaban J connectivity index is 3.39. The van der Waals surface area contributed by atoms with Crippen LogP contribution in [0.4, 0.5) is 0 Å². The van der Waals surface area contributed by atoms with E-state index in [4.69, 9.17) is 5.11 Å². The minimum atomic E-state index is -0.791. The molecular weight excluding hydrogens is 104 g/mol. The summed E-state index contributed by atoms with van der Waals surface area (Å²) < 4.78 is 0. The average Bonchev–Trinajstić information content (AvgIpc) is 1.65. The van der Waals surface area contributed by atoms with E-state index in [9.17, 15) is 4.79 Å². The van der Waals surface area contributed by atoms with Gasteiger partial charge in [-0.2, -0.15) is 0 Å². The van der Waals surface area contributed by atoms with Crippen LogP contribution < -0.4 is 0 Å². The van der Waals surface area contributed by atoms with Crippen molar-refractivity contribution in [1.82, 2.24) is 0 Å². The number of aliphatic hydroxyl groups excluding tert-OH is 1. The molecule has 0 aromatic carbocycles. The molecular formula is C6H9O2. The van der Waals surface area contributed by atoms with E-state index < -0.39 is 6.10 Å². The van der Waals surface area contributed by atoms with Gasteiger partial charge in [-0.15, -0.1) is 0 Å². The molecule has 0 saturated carbocycles. The lowest BCUT2D eigenvalue weighted by atomic mass is 10.2. The van der Waals surface area contributed by atoms with Crippen LogP contribution >= 0.6 is 0 Å². The van der Waals surface area contributed by atoms with Gasteiger partial charge in [-0.3, -0.25) is 4.79 Å². The molecule has 0 aromatic heterocycles. The van der Waals surface area contributed by atoms with Crippen molar-refractivity contribution in [3.63, 3.8) is 0 Å². The molecule has 0 bridgehead atoms. The fourth-order valence-electron chi connectivity index (χ4n) is 0.316. The molecule has 45 valence electrons. The van der Waals surface area contributed by atoms with Gasteiger partial charge in [0.2, 0.25) is 0 Å². The summed E-state index contributed by atoms with van der Waals surface area (Å²) in [6, 6.07) is 0. The molecule has 1 atom stereocenters. The van der Waals surface area contributed by atoms with Crippen molar-refractivity contribution in [2.45, 2.75) is 12.5 Å². The highest BCUT2D eigenvalue weighted by Crippen LogP contribution is 1.89. The molecule has 0 aliphatic heterocycles. The molecule has 0 aliphatic carbocycles. The van der Waals surface area contributed by atoms with E-state index in [0.29, 0.717) is 0 Å². The Bertz CT molecular complexity index is 94.7. The first kappa shape index (κ1) is 7.37. The normalized spacial score (nSPS) is 12.8. The Morgan fingerprint density at radius 3 is 2.50 bits per heavy atom. The van der Waals surface area contributed by atoms with Crippen LogP contribution in [-0.4, -0.2) is 17.0 Å². The molecule has 0 aliphatic rings. The largest absolute Gasteiger partial charge is 0.393 e. The van der Waals surface area contributed by atoms with Gasteiger partial charge in [0.1, 0.15) is 0 Å². The number of hydrogen-bond acceptors (Lipinski definition) is 2. The lowest BCUT2D eigenvalue weighted by Gasteiger charge is -1.95. The van der Waals surface area contributed by atoms with Crippen molar-refractivity contribution in [3.8, 4) is 0 Å². The van der Waals surface area contributed by atoms with Gasteiger partial charge < -0.3 is 5.11 Å². The average molecular weight is 113 g/mol. The van der Waals surface area contributed by atoms with Gasteiger partial charge in [0.15, 0.2) is 5.78 Å². The molecule has 1 radical (unpaired) electrons. The Hall–Kier alpha value is -0.630. The fourth-order valence-corrected chi connectivity index (χ4v) is 0.316. The lowest BCUT2D eigenvalue weighted by Crippen LogP contribution is -2.06. The SMILES string of the molecule is [CH2]C(O)CC(=O)C=C. The zero-order chi connectivity index (χ0) is 6.57. The maximum absolute atomic E-state index is 10.3. The maximum atomic E-state index is 10.3. The predicted octanol–water partition coefficient (Wildman–Crippen LogP) is 0.327. The van der Waals surface area contributed by atoms with Crippen LogP contribution in [0.3, 0.4) is 0 Å². The monoisotopic (exact) mass is 113 g/mol. The summed E-state index contributed by atoms with van der Waals surface area (Å²) in [5.74, 6) is -0.174. The minimum absolute atomic E-state index is 0.0729. The van der Waals surface area contributed by atoms with E-state index in [0.717, 1.165) is 0 Å². The van der Waals surface area contributed by atoms with Crippen LogP contribution in [-0.2, 0) is 4.79 Å². The quantitative estimate of drug-likeness (QED) is 0.535. The van der Waals surface area contributed by atoms with Crippen LogP contribution in [0, 0.1) is 6.92 Å². The fraction of sp³-hybridized carbons (Fsp3) is 0.333. The summed E-state index contributed by atoms with van der Waals surface area (Å²) in [4.78, 5) is 10.3. The maximum Gasteiger partial charge on any atom is 0.157 e. The highest BCUT2D eigenvalue weighted by molar-refractivity contribution is 5.89. The van der Waals surface area contributed by atoms with Crippen LogP contribution in [0.2, 0.25) is 0 Å². The number of carbonyl (C=O) groups is 1. The van der Waals surface area contributed by atoms with Crippen LogP contribution in [0.5, 0.6) is 0 Å². The van der Waals surface area contributed by atoms with Crippen LogP contribution in [0.1, 0.15) is 6.42 Å². The molecule has 2 heteroatoms. The molecule has 0 spiro atoms. The van der Waals surface area contributed by atoms with Gasteiger partial charge in [0, 0.05) is 6.42 Å². The zero-order valence-corrected chi connectivity index (χ0v) is 4.63. The van der Waals surface area contributed by atoms with E-state index in [1.165, 1.54) is 6.08 Å². The molecule has 2 nitrogen and oxygen atoms in total. The van der Waals surface area contributed by atoms with Crippen LogP contribution in [0.15, 0.2) is 12.7 Å². The number of rotatable bonds is 3. The topological polar surface area (TPSA) is 37.3 Å². The van der Waals surface area contributed by atoms with Crippen molar-refractivity contribution >= 4 is 5.78 Å². The molecule has 0 saturated heterocycles. The van der Waals surface area contributed by atoms with Crippen molar-refractivity contribution in [2.75, 3.05) is 0 Å². The van der Waals surface area contributed by atoms with Crippen molar-refractivity contribution in [1.29, 1.82) is 0 Å². The first-order chi connectivity index (χ1) is 3.66. The molecule has 0 rings (SSSR count). The van der Waals surface area contributed by atoms with E-state index in [-0.39, 0.29) is 12.2 Å². The van der Waals surface area contributed by atoms with E-state index in [1.54, 1.807) is 0 Å². The summed E-state index contributed by atoms with van der Waals surface area (Å²) in [7, 11) is 0. The summed E-state index contributed by atoms with van der Waals surface area (Å²) in [5, 5.41) is 8.47. The number of allylic oxidation sites excluding steroid dienone is 1. The van der Waals surface area contributed by atoms with Gasteiger partial charge in [0.25, 0.3) is 0 Å². The molecule has 1 unspecified atom stereocenters. The highest BCUT2D eigenvalue weighted by atomic mass is 16.3. The molecule has 8 heavy (non-hydrogen) atoms. The van der Waals surface area contributed by atoms with Gasteiger partial charge in [-0.05, 0) is 13.0 Å². The first-order valence-corrected chi connectivity index (χ1v) is 2.33. The zero-order valence-electron chi connectivity index (χ0n) is 4.63. The van der Waals surface area contributed by atoms with Gasteiger partial charge in [0.05, 0.1) is 6.10 Å². The number of ketones is 1. The number of carbonyl (C=O) groups excluding carboxylic acids is 1. The third-order valence-electron chi connectivity index (χ3n) is 0.664. The van der Waals surface area contributed by atoms with E-state index in [2.05, 4.69) is 13.5 Å². The van der Waals surface area contributed by atoms with Crippen molar-refractivity contribution in [3.05, 3.63) is 19.6 Å². The Morgan fingerprint density at radius 1 is 1.88 bits per heavy atom. The second-order valence-electron chi connectivity index (χ2n) is 1.53. The third-order valence-corrected chi connectivity index (χ3v) is 0.664. The standard InChI is InChI=1S/C6H9O2/c1-3-6(8)4-5(2)7/h3,5,7H,1-2,4H2. The Labute approximate surface area is 48.8 Å². The molecule has 0 amide bonds. The third kappa shape index (κ3) is 3.56. The molecule has 0 fully saturated rings. The minimum Gasteiger partial charge on any atom is -0.393 e. The van der Waals surface area contributed by atoms with Crippen LogP contribution in [0.25, 0.3) is 0 Å². The van der Waals surface area contributed by atoms with E-state index >= 15 is 0 Å². The van der Waals surface area contributed by atoms with Gasteiger partial charge in [-0.25, -0.2) is 0 Å². The Morgan fingerprint density at radius 2 is 2.38 bits per heavy atom. The van der Waals surface area contributed by atoms with Gasteiger partial charge >= 0.3 is 0 Å². The highest BCUT2D eigenvalue weighted by Gasteiger charge is 1.99. The first-order valence-electron chi connectivity index (χ1n) is 2.33. The number of hydrogen-bond donors (Lipinski definition) is 1. The smallest absolute Gasteiger partial charge is 0.157 e. The van der Waals surface area contributed by atoms with Crippen molar-refractivity contribution < 1.29 is 9.90 Å². The summed E-state index contributed by atoms with van der Waals surface area (Å²) in [6.07, 6.45) is 0.457. The second-order valence-corrected chi connectivity index (χ2v) is 1.53. The lowest BCUT2D eigenvalue weighted by molar-refractivity contribution is -0.115. The molecule has 0 heterocycles. The summed E-state index contributed by atoms with van der Waals surface area (Å²) in [6.45, 7) is 6.44. The van der Waals surface area contributed by atoms with Crippen molar-refractivity contribution in [2.24, 2.45) is 0 Å². The second kappa shape index (κ2) is 3.38. The Kier molecular flexibility index (Phi) is 3.12. The summed E-state index contributed by atoms with van der Waals surface area (Å²) >= 11 is 0.